The lowest BCUT2D eigenvalue weighted by Crippen LogP contribution is -2.39. The molecule has 1 rings (SSSR count). The molecule has 0 aromatic rings. The largest absolute Gasteiger partial charge is 0.379 e. The van der Waals surface area contributed by atoms with E-state index in [9.17, 15) is 13.6 Å². The van der Waals surface area contributed by atoms with E-state index in [0.29, 0.717) is 19.8 Å². The Labute approximate surface area is 75.7 Å². The molecule has 13 heavy (non-hydrogen) atoms. The zero-order valence-electron chi connectivity index (χ0n) is 7.50. The molecule has 0 bridgehead atoms. The van der Waals surface area contributed by atoms with Gasteiger partial charge in [-0.1, -0.05) is 6.92 Å². The van der Waals surface area contributed by atoms with Crippen LogP contribution in [0.3, 0.4) is 0 Å². The molecule has 0 spiro atoms. The minimum absolute atomic E-state index is 0.130. The Morgan fingerprint density at radius 1 is 1.62 bits per heavy atom. The van der Waals surface area contributed by atoms with Gasteiger partial charge in [0, 0.05) is 13.1 Å². The SMILES string of the molecule is CC1COCCN(C(=O)C(F)F)C1. The molecule has 0 aromatic heterocycles. The fraction of sp³-hybridized carbons (Fsp3) is 0.875. The van der Waals surface area contributed by atoms with E-state index < -0.39 is 12.3 Å². The number of hydrogen-bond donors (Lipinski definition) is 0. The molecule has 1 aliphatic rings. The van der Waals surface area contributed by atoms with Gasteiger partial charge < -0.3 is 9.64 Å². The number of carbonyl (C=O) groups excluding carboxylic acids is 1. The lowest BCUT2D eigenvalue weighted by Gasteiger charge is -2.20. The molecular formula is C8H13F2NO2. The minimum Gasteiger partial charge on any atom is -0.379 e. The maximum atomic E-state index is 12.0. The van der Waals surface area contributed by atoms with Crippen molar-refractivity contribution in [1.82, 2.24) is 4.90 Å². The molecule has 0 saturated carbocycles. The molecule has 1 saturated heterocycles. The van der Waals surface area contributed by atoms with Crippen LogP contribution in [0.5, 0.6) is 0 Å². The van der Waals surface area contributed by atoms with Crippen LogP contribution in [0.15, 0.2) is 0 Å². The molecule has 1 heterocycles. The Hall–Kier alpha value is -0.710. The Bertz CT molecular complexity index is 187. The highest BCUT2D eigenvalue weighted by Crippen LogP contribution is 2.09. The molecule has 0 radical (unpaired) electrons. The van der Waals surface area contributed by atoms with Crippen LogP contribution in [0.1, 0.15) is 6.92 Å². The fourth-order valence-electron chi connectivity index (χ4n) is 1.32. The van der Waals surface area contributed by atoms with E-state index in [-0.39, 0.29) is 12.5 Å². The molecule has 1 fully saturated rings. The first-order chi connectivity index (χ1) is 6.11. The van der Waals surface area contributed by atoms with Gasteiger partial charge in [-0.2, -0.15) is 8.78 Å². The molecule has 76 valence electrons. The third kappa shape index (κ3) is 2.91. The van der Waals surface area contributed by atoms with Gasteiger partial charge in [-0.15, -0.1) is 0 Å². The van der Waals surface area contributed by atoms with E-state index in [1.54, 1.807) is 0 Å². The molecule has 1 aliphatic heterocycles. The molecule has 1 unspecified atom stereocenters. The molecule has 0 aliphatic carbocycles. The van der Waals surface area contributed by atoms with Gasteiger partial charge in [-0.05, 0) is 5.92 Å². The highest BCUT2D eigenvalue weighted by Gasteiger charge is 2.25. The van der Waals surface area contributed by atoms with E-state index in [0.717, 1.165) is 0 Å². The Morgan fingerprint density at radius 3 is 2.92 bits per heavy atom. The van der Waals surface area contributed by atoms with Gasteiger partial charge in [-0.25, -0.2) is 0 Å². The molecule has 0 aromatic carbocycles. The van der Waals surface area contributed by atoms with Gasteiger partial charge in [0.1, 0.15) is 0 Å². The minimum atomic E-state index is -2.90. The van der Waals surface area contributed by atoms with Crippen molar-refractivity contribution in [2.45, 2.75) is 13.3 Å². The number of ether oxygens (including phenoxy) is 1. The number of halogens is 2. The predicted octanol–water partition coefficient (Wildman–Crippen LogP) is 0.746. The van der Waals surface area contributed by atoms with E-state index in [1.165, 1.54) is 4.90 Å². The average molecular weight is 193 g/mol. The third-order valence-electron chi connectivity index (χ3n) is 1.94. The normalized spacial score (nSPS) is 24.6. The van der Waals surface area contributed by atoms with E-state index in [1.807, 2.05) is 6.92 Å². The molecule has 1 atom stereocenters. The van der Waals surface area contributed by atoms with Crippen molar-refractivity contribution in [3.63, 3.8) is 0 Å². The van der Waals surface area contributed by atoms with E-state index >= 15 is 0 Å². The van der Waals surface area contributed by atoms with Crippen LogP contribution >= 0.6 is 0 Å². The first kappa shape index (κ1) is 10.4. The average Bonchev–Trinajstić information content (AvgIpc) is 2.28. The maximum Gasteiger partial charge on any atom is 0.315 e. The lowest BCUT2D eigenvalue weighted by molar-refractivity contribution is -0.143. The standard InChI is InChI=1S/C8H13F2NO2/c1-6-4-11(2-3-13-5-6)8(12)7(9)10/h6-7H,2-5H2,1H3. The Balaban J connectivity index is 2.52. The molecule has 5 heteroatoms. The number of rotatable bonds is 1. The first-order valence-electron chi connectivity index (χ1n) is 4.26. The first-order valence-corrected chi connectivity index (χ1v) is 4.26. The van der Waals surface area contributed by atoms with Crippen molar-refractivity contribution in [3.8, 4) is 0 Å². The summed E-state index contributed by atoms with van der Waals surface area (Å²) in [6.45, 7) is 3.39. The number of hydrogen-bond acceptors (Lipinski definition) is 2. The van der Waals surface area contributed by atoms with Crippen molar-refractivity contribution in [3.05, 3.63) is 0 Å². The highest BCUT2D eigenvalue weighted by atomic mass is 19.3. The van der Waals surface area contributed by atoms with E-state index in [4.69, 9.17) is 4.74 Å². The quantitative estimate of drug-likeness (QED) is 0.615. The fourth-order valence-corrected chi connectivity index (χ4v) is 1.32. The number of amides is 1. The van der Waals surface area contributed by atoms with Crippen molar-refractivity contribution in [2.75, 3.05) is 26.3 Å². The van der Waals surface area contributed by atoms with Crippen LogP contribution in [-0.2, 0) is 9.53 Å². The summed E-state index contributed by atoms with van der Waals surface area (Å²) in [5, 5.41) is 0. The summed E-state index contributed by atoms with van der Waals surface area (Å²) in [5.74, 6) is -0.956. The van der Waals surface area contributed by atoms with Gasteiger partial charge in [0.05, 0.1) is 13.2 Å². The maximum absolute atomic E-state index is 12.0. The zero-order chi connectivity index (χ0) is 9.84. The van der Waals surface area contributed by atoms with Crippen LogP contribution in [0, 0.1) is 5.92 Å². The van der Waals surface area contributed by atoms with Gasteiger partial charge in [0.25, 0.3) is 5.91 Å². The molecule has 3 nitrogen and oxygen atoms in total. The summed E-state index contributed by atoms with van der Waals surface area (Å²) in [5.41, 5.74) is 0. The predicted molar refractivity (Wildman–Crippen MR) is 42.6 cm³/mol. The lowest BCUT2D eigenvalue weighted by atomic mass is 10.2. The van der Waals surface area contributed by atoms with Crippen molar-refractivity contribution in [1.29, 1.82) is 0 Å². The van der Waals surface area contributed by atoms with Crippen molar-refractivity contribution in [2.24, 2.45) is 5.92 Å². The van der Waals surface area contributed by atoms with Crippen LogP contribution in [0.2, 0.25) is 0 Å². The number of alkyl halides is 2. The van der Waals surface area contributed by atoms with Gasteiger partial charge >= 0.3 is 6.43 Å². The molecule has 0 N–H and O–H groups in total. The molecular weight excluding hydrogens is 180 g/mol. The summed E-state index contributed by atoms with van der Waals surface area (Å²) >= 11 is 0. The summed E-state index contributed by atoms with van der Waals surface area (Å²) < 4.78 is 29.2. The second kappa shape index (κ2) is 4.50. The van der Waals surface area contributed by atoms with Crippen molar-refractivity contribution >= 4 is 5.91 Å². The number of carbonyl (C=O) groups is 1. The Morgan fingerprint density at radius 2 is 2.31 bits per heavy atom. The summed E-state index contributed by atoms with van der Waals surface area (Å²) in [6.07, 6.45) is -2.90. The summed E-state index contributed by atoms with van der Waals surface area (Å²) in [4.78, 5) is 12.1. The van der Waals surface area contributed by atoms with E-state index in [2.05, 4.69) is 0 Å². The third-order valence-corrected chi connectivity index (χ3v) is 1.94. The molecule has 1 amide bonds. The van der Waals surface area contributed by atoms with Crippen LogP contribution in [-0.4, -0.2) is 43.5 Å². The Kier molecular flexibility index (Phi) is 3.59. The summed E-state index contributed by atoms with van der Waals surface area (Å²) in [7, 11) is 0. The number of nitrogens with zero attached hydrogens (tertiary/aromatic N) is 1. The van der Waals surface area contributed by atoms with Crippen LogP contribution in [0.4, 0.5) is 8.78 Å². The topological polar surface area (TPSA) is 29.5 Å². The van der Waals surface area contributed by atoms with Gasteiger partial charge in [-0.3, -0.25) is 4.79 Å². The second-order valence-corrected chi connectivity index (χ2v) is 3.27. The van der Waals surface area contributed by atoms with Gasteiger partial charge in [0.15, 0.2) is 0 Å². The van der Waals surface area contributed by atoms with Crippen LogP contribution in [0.25, 0.3) is 0 Å². The monoisotopic (exact) mass is 193 g/mol. The second-order valence-electron chi connectivity index (χ2n) is 3.27. The van der Waals surface area contributed by atoms with Gasteiger partial charge in [0.2, 0.25) is 0 Å². The highest BCUT2D eigenvalue weighted by molar-refractivity contribution is 5.79. The zero-order valence-corrected chi connectivity index (χ0v) is 7.50. The smallest absolute Gasteiger partial charge is 0.315 e. The van der Waals surface area contributed by atoms with Crippen LogP contribution < -0.4 is 0 Å². The van der Waals surface area contributed by atoms with Crippen molar-refractivity contribution < 1.29 is 18.3 Å². The summed E-state index contributed by atoms with van der Waals surface area (Å²) in [6, 6.07) is 0.